The number of halogens is 2. The molecule has 0 saturated heterocycles. The average molecular weight is 391 g/mol. The summed E-state index contributed by atoms with van der Waals surface area (Å²) in [5, 5.41) is 0.396. The van der Waals surface area contributed by atoms with Crippen LogP contribution in [0, 0.1) is 0 Å². The number of nitrogens with one attached hydrogen (secondary N) is 1. The third-order valence-electron chi connectivity index (χ3n) is 2.35. The summed E-state index contributed by atoms with van der Waals surface area (Å²) in [6, 6.07) is 4.16. The fourth-order valence-corrected chi connectivity index (χ4v) is 3.74. The molecule has 0 unspecified atom stereocenters. The molecule has 0 atom stereocenters. The Morgan fingerprint density at radius 1 is 1.26 bits per heavy atom. The van der Waals surface area contributed by atoms with Crippen LogP contribution in [0.5, 0.6) is 0 Å². The maximum absolute atomic E-state index is 11.9. The van der Waals surface area contributed by atoms with Crippen molar-refractivity contribution in [2.24, 2.45) is 0 Å². The molecular formula is C10H13BrClNO4S2. The molecule has 108 valence electrons. The van der Waals surface area contributed by atoms with Gasteiger partial charge in [-0.2, -0.15) is 0 Å². The number of sulfonamides is 1. The predicted molar refractivity (Wildman–Crippen MR) is 78.7 cm³/mol. The van der Waals surface area contributed by atoms with Crippen LogP contribution in [0.4, 0.5) is 0 Å². The third-order valence-corrected chi connectivity index (χ3v) is 6.72. The second-order valence-corrected chi connectivity index (χ2v) is 9.21. The number of sulfone groups is 1. The van der Waals surface area contributed by atoms with Crippen molar-refractivity contribution < 1.29 is 16.8 Å². The van der Waals surface area contributed by atoms with E-state index in [4.69, 9.17) is 11.6 Å². The molecule has 0 saturated carbocycles. The average Bonchev–Trinajstić information content (AvgIpc) is 2.32. The van der Waals surface area contributed by atoms with Gasteiger partial charge in [0.05, 0.1) is 15.7 Å². The van der Waals surface area contributed by atoms with Gasteiger partial charge in [-0.3, -0.25) is 0 Å². The summed E-state index contributed by atoms with van der Waals surface area (Å²) in [5.74, 6) is -0.237. The van der Waals surface area contributed by atoms with E-state index in [0.717, 1.165) is 0 Å². The van der Waals surface area contributed by atoms with Gasteiger partial charge >= 0.3 is 0 Å². The number of hydrogen-bond acceptors (Lipinski definition) is 4. The van der Waals surface area contributed by atoms with Gasteiger partial charge in [0.15, 0.2) is 9.84 Å². The Morgan fingerprint density at radius 2 is 1.89 bits per heavy atom. The summed E-state index contributed by atoms with van der Waals surface area (Å²) < 4.78 is 49.0. The first-order valence-corrected chi connectivity index (χ1v) is 9.80. The van der Waals surface area contributed by atoms with E-state index < -0.39 is 19.9 Å². The zero-order valence-corrected chi connectivity index (χ0v) is 14.0. The second-order valence-electron chi connectivity index (χ2n) is 3.71. The van der Waals surface area contributed by atoms with E-state index in [0.29, 0.717) is 9.50 Å². The van der Waals surface area contributed by atoms with Crippen LogP contribution in [0.1, 0.15) is 6.92 Å². The molecule has 0 heterocycles. The lowest BCUT2D eigenvalue weighted by molar-refractivity contribution is 0.581. The molecule has 19 heavy (non-hydrogen) atoms. The van der Waals surface area contributed by atoms with E-state index in [2.05, 4.69) is 20.7 Å². The first-order chi connectivity index (χ1) is 8.68. The van der Waals surface area contributed by atoms with E-state index in [9.17, 15) is 16.8 Å². The zero-order valence-electron chi connectivity index (χ0n) is 10.1. The lowest BCUT2D eigenvalue weighted by Crippen LogP contribution is -2.29. The van der Waals surface area contributed by atoms with E-state index >= 15 is 0 Å². The lowest BCUT2D eigenvalue weighted by Gasteiger charge is -2.07. The highest BCUT2D eigenvalue weighted by molar-refractivity contribution is 9.10. The molecule has 0 amide bonds. The van der Waals surface area contributed by atoms with Gasteiger partial charge in [0, 0.05) is 16.8 Å². The van der Waals surface area contributed by atoms with Crippen molar-refractivity contribution in [1.29, 1.82) is 0 Å². The molecule has 0 radical (unpaired) electrons. The first kappa shape index (κ1) is 16.9. The Balaban J connectivity index is 2.79. The molecule has 0 bridgehead atoms. The van der Waals surface area contributed by atoms with Crippen molar-refractivity contribution in [3.05, 3.63) is 27.7 Å². The Labute approximate surface area is 126 Å². The normalized spacial score (nSPS) is 12.6. The van der Waals surface area contributed by atoms with Gasteiger partial charge in [-0.1, -0.05) is 18.5 Å². The molecule has 0 aliphatic heterocycles. The highest BCUT2D eigenvalue weighted by atomic mass is 79.9. The summed E-state index contributed by atoms with van der Waals surface area (Å²) in [6.07, 6.45) is 0. The van der Waals surface area contributed by atoms with E-state index in [-0.39, 0.29) is 22.9 Å². The Morgan fingerprint density at radius 3 is 2.42 bits per heavy atom. The highest BCUT2D eigenvalue weighted by Gasteiger charge is 2.16. The molecule has 1 rings (SSSR count). The van der Waals surface area contributed by atoms with Crippen LogP contribution in [-0.4, -0.2) is 34.9 Å². The largest absolute Gasteiger partial charge is 0.240 e. The van der Waals surface area contributed by atoms with Gasteiger partial charge in [-0.05, 0) is 34.1 Å². The first-order valence-electron chi connectivity index (χ1n) is 5.33. The molecule has 5 nitrogen and oxygen atoms in total. The maximum atomic E-state index is 11.9. The molecule has 0 spiro atoms. The fraction of sp³-hybridized carbons (Fsp3) is 0.400. The van der Waals surface area contributed by atoms with Crippen molar-refractivity contribution in [3.8, 4) is 0 Å². The van der Waals surface area contributed by atoms with Gasteiger partial charge < -0.3 is 0 Å². The van der Waals surface area contributed by atoms with Crippen molar-refractivity contribution in [3.63, 3.8) is 0 Å². The zero-order chi connectivity index (χ0) is 14.7. The van der Waals surface area contributed by atoms with E-state index in [1.54, 1.807) is 0 Å². The number of rotatable bonds is 6. The summed E-state index contributed by atoms with van der Waals surface area (Å²) in [5.41, 5.74) is 0. The summed E-state index contributed by atoms with van der Waals surface area (Å²) in [4.78, 5) is 0.0256. The van der Waals surface area contributed by atoms with Gasteiger partial charge in [0.1, 0.15) is 0 Å². The summed E-state index contributed by atoms with van der Waals surface area (Å²) >= 11 is 8.90. The number of benzene rings is 1. The molecule has 1 aromatic rings. The minimum absolute atomic E-state index is 0.0127. The van der Waals surface area contributed by atoms with Crippen LogP contribution < -0.4 is 4.72 Å². The molecule has 0 aromatic heterocycles. The van der Waals surface area contributed by atoms with Crippen LogP contribution in [0.25, 0.3) is 0 Å². The quantitative estimate of drug-likeness (QED) is 0.803. The molecule has 1 N–H and O–H groups in total. The minimum atomic E-state index is -3.73. The van der Waals surface area contributed by atoms with E-state index in [1.165, 1.54) is 25.1 Å². The summed E-state index contributed by atoms with van der Waals surface area (Å²) in [6.45, 7) is 1.36. The molecule has 1 aromatic carbocycles. The monoisotopic (exact) mass is 389 g/mol. The summed E-state index contributed by atoms with van der Waals surface area (Å²) in [7, 11) is -6.93. The van der Waals surface area contributed by atoms with Gasteiger partial charge in [-0.15, -0.1) is 0 Å². The van der Waals surface area contributed by atoms with Crippen molar-refractivity contribution in [2.45, 2.75) is 11.8 Å². The predicted octanol–water partition coefficient (Wildman–Crippen LogP) is 1.82. The van der Waals surface area contributed by atoms with Crippen LogP contribution in [-0.2, 0) is 19.9 Å². The van der Waals surface area contributed by atoms with Crippen molar-refractivity contribution in [1.82, 2.24) is 4.72 Å². The maximum Gasteiger partial charge on any atom is 0.240 e. The molecular weight excluding hydrogens is 378 g/mol. The van der Waals surface area contributed by atoms with Crippen LogP contribution in [0.15, 0.2) is 27.6 Å². The Kier molecular flexibility index (Phi) is 5.81. The van der Waals surface area contributed by atoms with Crippen molar-refractivity contribution in [2.75, 3.05) is 18.1 Å². The molecule has 0 aliphatic rings. The topological polar surface area (TPSA) is 80.3 Å². The Hall–Kier alpha value is -0.150. The molecule has 0 fully saturated rings. The van der Waals surface area contributed by atoms with Gasteiger partial charge in [0.25, 0.3) is 0 Å². The van der Waals surface area contributed by atoms with Crippen LogP contribution in [0.3, 0.4) is 0 Å². The fourth-order valence-electron chi connectivity index (χ4n) is 1.20. The number of hydrogen-bond donors (Lipinski definition) is 1. The SMILES string of the molecule is CCS(=O)(=O)CCNS(=O)(=O)c1ccc(Cl)c(Br)c1. The highest BCUT2D eigenvalue weighted by Crippen LogP contribution is 2.25. The third kappa shape index (κ3) is 5.03. The smallest absolute Gasteiger partial charge is 0.229 e. The molecule has 0 aliphatic carbocycles. The second kappa shape index (κ2) is 6.53. The lowest BCUT2D eigenvalue weighted by atomic mass is 10.4. The van der Waals surface area contributed by atoms with Gasteiger partial charge in [0.2, 0.25) is 10.0 Å². The van der Waals surface area contributed by atoms with Crippen molar-refractivity contribution >= 4 is 47.4 Å². The van der Waals surface area contributed by atoms with E-state index in [1.807, 2.05) is 0 Å². The van der Waals surface area contributed by atoms with Crippen LogP contribution >= 0.6 is 27.5 Å². The van der Waals surface area contributed by atoms with Crippen LogP contribution in [0.2, 0.25) is 5.02 Å². The van der Waals surface area contributed by atoms with Gasteiger partial charge in [-0.25, -0.2) is 21.6 Å². The molecule has 9 heteroatoms. The minimum Gasteiger partial charge on any atom is -0.229 e. The standard InChI is InChI=1S/C10H13BrClNO4S2/c1-2-18(14,15)6-5-13-19(16,17)8-3-4-10(12)9(11)7-8/h3-4,7,13H,2,5-6H2,1H3. The Bertz CT molecular complexity index is 658.